The van der Waals surface area contributed by atoms with E-state index in [0.717, 1.165) is 25.7 Å². The second-order valence-corrected chi connectivity index (χ2v) is 17.3. The molecule has 4 atom stereocenters. The molecule has 6 rings (SSSR count). The van der Waals surface area contributed by atoms with Gasteiger partial charge < -0.3 is 10.2 Å². The first-order chi connectivity index (χ1) is 21.2. The number of Topliss-reactive ketones (excluding diaryl/α,β-unsaturated/α-hetero) is 4. The summed E-state index contributed by atoms with van der Waals surface area (Å²) in [6.07, 6.45) is 4.54. The maximum absolute atomic E-state index is 14.2. The summed E-state index contributed by atoms with van der Waals surface area (Å²) in [4.78, 5) is 56.5. The Hall–Kier alpha value is -3.28. The van der Waals surface area contributed by atoms with Gasteiger partial charge in [0.1, 0.15) is 11.5 Å². The number of aromatic hydroxyl groups is 2. The van der Waals surface area contributed by atoms with Gasteiger partial charge in [-0.05, 0) is 82.7 Å². The van der Waals surface area contributed by atoms with Gasteiger partial charge in [0.2, 0.25) is 23.1 Å². The van der Waals surface area contributed by atoms with Crippen molar-refractivity contribution in [3.63, 3.8) is 0 Å². The first-order valence-corrected chi connectivity index (χ1v) is 17.2. The maximum Gasteiger partial charge on any atom is 0.229 e. The van der Waals surface area contributed by atoms with Crippen LogP contribution in [-0.2, 0) is 20.4 Å². The summed E-state index contributed by atoms with van der Waals surface area (Å²) in [5.74, 6) is -3.58. The topological polar surface area (TPSA) is 109 Å². The van der Waals surface area contributed by atoms with Crippen LogP contribution in [-0.4, -0.2) is 33.3 Å². The van der Waals surface area contributed by atoms with Crippen LogP contribution >= 0.6 is 0 Å². The maximum atomic E-state index is 14.2. The van der Waals surface area contributed by atoms with E-state index in [1.54, 1.807) is 12.1 Å². The number of carbonyl (C=O) groups excluding carboxylic acids is 4. The van der Waals surface area contributed by atoms with E-state index in [0.29, 0.717) is 46.2 Å². The predicted molar refractivity (Wildman–Crippen MR) is 179 cm³/mol. The highest BCUT2D eigenvalue weighted by atomic mass is 16.3. The Kier molecular flexibility index (Phi) is 7.18. The summed E-state index contributed by atoms with van der Waals surface area (Å²) in [5, 5.41) is 24.9. The first-order valence-electron chi connectivity index (χ1n) is 17.2. The van der Waals surface area contributed by atoms with Gasteiger partial charge >= 0.3 is 0 Å². The van der Waals surface area contributed by atoms with Crippen LogP contribution in [0.3, 0.4) is 0 Å². The monoisotopic (exact) mass is 626 g/mol. The average Bonchev–Trinajstić information content (AvgIpc) is 2.93. The SMILES string of the molecule is CC(C)c1cc2c(c(-c3c(O)c(C(C)C)cc4c3C3(C)CCCC(C)(C)C3C(=O)C4=O)c1O)C1(C)CCCC(C)(C)C1C(=O)C2=O. The van der Waals surface area contributed by atoms with Crippen LogP contribution < -0.4 is 0 Å². The number of hydrogen-bond donors (Lipinski definition) is 2. The molecule has 2 aromatic rings. The van der Waals surface area contributed by atoms with Crippen molar-refractivity contribution in [1.29, 1.82) is 0 Å². The first kappa shape index (κ1) is 32.7. The van der Waals surface area contributed by atoms with Crippen LogP contribution in [0.5, 0.6) is 11.5 Å². The fraction of sp³-hybridized carbons (Fsp3) is 0.600. The molecule has 4 aliphatic carbocycles. The van der Waals surface area contributed by atoms with Gasteiger partial charge in [0.15, 0.2) is 0 Å². The van der Waals surface area contributed by atoms with Crippen molar-refractivity contribution < 1.29 is 29.4 Å². The number of benzene rings is 2. The highest BCUT2D eigenvalue weighted by Gasteiger charge is 2.61. The lowest BCUT2D eigenvalue weighted by Gasteiger charge is -2.54. The minimum Gasteiger partial charge on any atom is -0.507 e. The van der Waals surface area contributed by atoms with Gasteiger partial charge in [-0.1, -0.05) is 82.1 Å². The van der Waals surface area contributed by atoms with Crippen LogP contribution in [0.25, 0.3) is 11.1 Å². The molecule has 2 N–H and O–H groups in total. The van der Waals surface area contributed by atoms with E-state index in [1.165, 1.54) is 0 Å². The molecule has 2 fully saturated rings. The minimum absolute atomic E-state index is 0.0303. The lowest BCUT2D eigenvalue weighted by molar-refractivity contribution is -0.129. The molecule has 0 aliphatic heterocycles. The van der Waals surface area contributed by atoms with Crippen LogP contribution in [0, 0.1) is 22.7 Å². The molecule has 0 spiro atoms. The zero-order valence-corrected chi connectivity index (χ0v) is 29.2. The van der Waals surface area contributed by atoms with Crippen LogP contribution in [0.4, 0.5) is 0 Å². The Morgan fingerprint density at radius 1 is 0.587 bits per heavy atom. The molecular formula is C40H50O6. The Balaban J connectivity index is 1.86. The van der Waals surface area contributed by atoms with Crippen molar-refractivity contribution in [1.82, 2.24) is 0 Å². The summed E-state index contributed by atoms with van der Waals surface area (Å²) in [7, 11) is 0. The predicted octanol–water partition coefficient (Wildman–Crippen LogP) is 8.71. The summed E-state index contributed by atoms with van der Waals surface area (Å²) in [5.41, 5.74) is 0.946. The molecule has 0 radical (unpaired) electrons. The third-order valence-corrected chi connectivity index (χ3v) is 12.6. The van der Waals surface area contributed by atoms with Crippen LogP contribution in [0.15, 0.2) is 12.1 Å². The van der Waals surface area contributed by atoms with E-state index in [2.05, 4.69) is 0 Å². The molecule has 2 aromatic carbocycles. The molecule has 0 bridgehead atoms. The minimum atomic E-state index is -0.807. The number of fused-ring (bicyclic) bond motifs is 6. The molecule has 4 unspecified atom stereocenters. The number of rotatable bonds is 3. The molecule has 6 heteroatoms. The van der Waals surface area contributed by atoms with Crippen molar-refractivity contribution in [3.8, 4) is 22.6 Å². The Labute approximate surface area is 273 Å². The number of phenols is 2. The number of phenolic OH excluding ortho intramolecular Hbond substituents is 2. The highest BCUT2D eigenvalue weighted by Crippen LogP contribution is 2.64. The molecular weight excluding hydrogens is 576 g/mol. The zero-order valence-electron chi connectivity index (χ0n) is 29.2. The number of carbonyl (C=O) groups is 4. The van der Waals surface area contributed by atoms with Crippen molar-refractivity contribution >= 4 is 23.1 Å². The van der Waals surface area contributed by atoms with Gasteiger partial charge in [-0.25, -0.2) is 0 Å². The second-order valence-electron chi connectivity index (χ2n) is 17.3. The van der Waals surface area contributed by atoms with Crippen LogP contribution in [0.2, 0.25) is 0 Å². The summed E-state index contributed by atoms with van der Waals surface area (Å²) >= 11 is 0. The van der Waals surface area contributed by atoms with Gasteiger partial charge in [0.05, 0.1) is 0 Å². The number of ketones is 4. The smallest absolute Gasteiger partial charge is 0.229 e. The molecule has 0 saturated heterocycles. The standard InChI is InChI=1S/C40H50O6/c1-19(2)21-17-23-27(39(9)15-11-13-37(5,6)35(39)33(45)31(23)43)25(29(21)41)26-28-24(18-22(20(3)4)30(26)42)32(44)34(46)36-38(7,8)14-12-16-40(28,36)10/h17-20,35-36,41-42H,11-16H2,1-10H3. The van der Waals surface area contributed by atoms with Gasteiger partial charge in [-0.3, -0.25) is 19.2 Å². The third-order valence-electron chi connectivity index (χ3n) is 12.6. The molecule has 0 aromatic heterocycles. The molecule has 6 nitrogen and oxygen atoms in total. The molecule has 0 heterocycles. The summed E-state index contributed by atoms with van der Waals surface area (Å²) < 4.78 is 0. The van der Waals surface area contributed by atoms with E-state index >= 15 is 0 Å². The van der Waals surface area contributed by atoms with E-state index in [-0.39, 0.29) is 34.5 Å². The Morgan fingerprint density at radius 2 is 0.913 bits per heavy atom. The van der Waals surface area contributed by atoms with Gasteiger partial charge in [-0.15, -0.1) is 0 Å². The van der Waals surface area contributed by atoms with Gasteiger partial charge in [-0.2, -0.15) is 0 Å². The quantitative estimate of drug-likeness (QED) is 0.330. The fourth-order valence-corrected chi connectivity index (χ4v) is 10.8. The van der Waals surface area contributed by atoms with Gasteiger partial charge in [0.25, 0.3) is 0 Å². The second kappa shape index (κ2) is 10.1. The zero-order chi connectivity index (χ0) is 34.0. The van der Waals surface area contributed by atoms with E-state index < -0.39 is 56.6 Å². The largest absolute Gasteiger partial charge is 0.507 e. The van der Waals surface area contributed by atoms with Crippen molar-refractivity contribution in [2.75, 3.05) is 0 Å². The third kappa shape index (κ3) is 4.13. The summed E-state index contributed by atoms with van der Waals surface area (Å²) in [6.45, 7) is 20.0. The van der Waals surface area contributed by atoms with Gasteiger partial charge in [0, 0.05) is 44.9 Å². The normalized spacial score (nSPS) is 29.8. The number of hydrogen-bond acceptors (Lipinski definition) is 6. The lowest BCUT2D eigenvalue weighted by atomic mass is 9.47. The van der Waals surface area contributed by atoms with E-state index in [1.807, 2.05) is 69.2 Å². The molecule has 2 saturated carbocycles. The Bertz CT molecular complexity index is 1610. The van der Waals surface area contributed by atoms with Crippen molar-refractivity contribution in [2.24, 2.45) is 22.7 Å². The molecule has 46 heavy (non-hydrogen) atoms. The highest BCUT2D eigenvalue weighted by molar-refractivity contribution is 6.47. The van der Waals surface area contributed by atoms with E-state index in [4.69, 9.17) is 0 Å². The molecule has 4 aliphatic rings. The molecule has 246 valence electrons. The van der Waals surface area contributed by atoms with Crippen molar-refractivity contribution in [2.45, 2.75) is 130 Å². The molecule has 0 amide bonds. The lowest BCUT2D eigenvalue weighted by Crippen LogP contribution is -2.56. The average molecular weight is 627 g/mol. The Morgan fingerprint density at radius 3 is 1.22 bits per heavy atom. The van der Waals surface area contributed by atoms with Crippen LogP contribution in [0.1, 0.15) is 163 Å². The fourth-order valence-electron chi connectivity index (χ4n) is 10.8. The summed E-state index contributed by atoms with van der Waals surface area (Å²) in [6, 6.07) is 3.39. The van der Waals surface area contributed by atoms with Crippen molar-refractivity contribution in [3.05, 3.63) is 45.5 Å². The van der Waals surface area contributed by atoms with E-state index in [9.17, 15) is 29.4 Å².